The second-order valence-electron chi connectivity index (χ2n) is 7.25. The Labute approximate surface area is 181 Å². The van der Waals surface area contributed by atoms with E-state index in [1.54, 1.807) is 36.3 Å². The first-order chi connectivity index (χ1) is 15.2. The van der Waals surface area contributed by atoms with Gasteiger partial charge in [0.1, 0.15) is 17.3 Å². The molecule has 0 fully saturated rings. The van der Waals surface area contributed by atoms with Crippen molar-refractivity contribution < 1.29 is 9.13 Å². The Morgan fingerprint density at radius 1 is 1.03 bits per heavy atom. The highest BCUT2D eigenvalue weighted by atomic mass is 19.1. The molecule has 0 saturated heterocycles. The molecule has 1 atom stereocenters. The lowest BCUT2D eigenvalue weighted by molar-refractivity contribution is 0.415. The van der Waals surface area contributed by atoms with E-state index in [1.807, 2.05) is 48.7 Å². The normalized spacial score (nSPS) is 12.0. The van der Waals surface area contributed by atoms with E-state index >= 15 is 0 Å². The van der Waals surface area contributed by atoms with Gasteiger partial charge in [0.2, 0.25) is 0 Å². The number of para-hydroxylation sites is 1. The molecule has 0 amide bonds. The minimum Gasteiger partial charge on any atom is -0.497 e. The van der Waals surface area contributed by atoms with Gasteiger partial charge >= 0.3 is 0 Å². The van der Waals surface area contributed by atoms with E-state index in [1.165, 1.54) is 11.6 Å². The summed E-state index contributed by atoms with van der Waals surface area (Å²) in [5.41, 5.74) is 4.35. The molecule has 1 N–H and O–H groups in total. The van der Waals surface area contributed by atoms with Crippen LogP contribution in [0.3, 0.4) is 0 Å². The first-order valence-electron chi connectivity index (χ1n) is 10.3. The largest absolute Gasteiger partial charge is 0.497 e. The van der Waals surface area contributed by atoms with Gasteiger partial charge in [0.15, 0.2) is 0 Å². The third kappa shape index (κ3) is 4.64. The predicted molar refractivity (Wildman–Crippen MR) is 120 cm³/mol. The number of hydrogen-bond acceptors (Lipinski definition) is 4. The van der Waals surface area contributed by atoms with Crippen LogP contribution in [-0.4, -0.2) is 21.9 Å². The van der Waals surface area contributed by atoms with E-state index in [9.17, 15) is 4.39 Å². The number of nitrogens with one attached hydrogen (secondary N) is 1. The molecule has 2 aromatic carbocycles. The van der Waals surface area contributed by atoms with E-state index in [0.29, 0.717) is 12.2 Å². The van der Waals surface area contributed by atoms with Crippen molar-refractivity contribution in [2.45, 2.75) is 25.9 Å². The molecule has 0 aliphatic rings. The summed E-state index contributed by atoms with van der Waals surface area (Å²) in [7, 11) is 1.64. The van der Waals surface area contributed by atoms with Crippen LogP contribution in [0.1, 0.15) is 30.5 Å². The highest BCUT2D eigenvalue weighted by molar-refractivity contribution is 5.64. The second kappa shape index (κ2) is 9.53. The van der Waals surface area contributed by atoms with Crippen LogP contribution in [0.15, 0.2) is 79.3 Å². The van der Waals surface area contributed by atoms with Gasteiger partial charge in [-0.05, 0) is 60.5 Å². The molecular weight excluding hydrogens is 391 g/mol. The number of ether oxygens (including phenoxy) is 1. The zero-order valence-electron chi connectivity index (χ0n) is 17.6. The maximum atomic E-state index is 14.4. The van der Waals surface area contributed by atoms with Crippen LogP contribution in [0.2, 0.25) is 0 Å². The van der Waals surface area contributed by atoms with Gasteiger partial charge < -0.3 is 10.1 Å². The summed E-state index contributed by atoms with van der Waals surface area (Å²) in [6.45, 7) is 2.74. The highest BCUT2D eigenvalue weighted by Crippen LogP contribution is 2.27. The fourth-order valence-electron chi connectivity index (χ4n) is 3.62. The van der Waals surface area contributed by atoms with Crippen LogP contribution >= 0.6 is 0 Å². The Balaban J connectivity index is 1.68. The molecular formula is C25H25FN4O. The zero-order valence-corrected chi connectivity index (χ0v) is 17.6. The van der Waals surface area contributed by atoms with Crippen molar-refractivity contribution >= 4 is 0 Å². The summed E-state index contributed by atoms with van der Waals surface area (Å²) in [4.78, 5) is 4.11. The van der Waals surface area contributed by atoms with Gasteiger partial charge in [-0.25, -0.2) is 9.07 Å². The summed E-state index contributed by atoms with van der Waals surface area (Å²) < 4.78 is 21.3. The quantitative estimate of drug-likeness (QED) is 0.422. The van der Waals surface area contributed by atoms with E-state index in [2.05, 4.69) is 17.2 Å². The molecule has 0 bridgehead atoms. The maximum Gasteiger partial charge on any atom is 0.148 e. The molecule has 0 spiro atoms. The number of rotatable bonds is 8. The summed E-state index contributed by atoms with van der Waals surface area (Å²) in [6, 6.07) is 18.6. The molecule has 31 heavy (non-hydrogen) atoms. The summed E-state index contributed by atoms with van der Waals surface area (Å²) in [6.07, 6.45) is 6.44. The van der Waals surface area contributed by atoms with E-state index in [4.69, 9.17) is 9.84 Å². The average Bonchev–Trinajstić information content (AvgIpc) is 3.24. The third-order valence-electron chi connectivity index (χ3n) is 5.31. The third-order valence-corrected chi connectivity index (χ3v) is 5.31. The van der Waals surface area contributed by atoms with Gasteiger partial charge in [-0.1, -0.05) is 19.1 Å². The Morgan fingerprint density at radius 3 is 2.45 bits per heavy atom. The van der Waals surface area contributed by atoms with Gasteiger partial charge in [0.05, 0.1) is 12.8 Å². The van der Waals surface area contributed by atoms with Crippen molar-refractivity contribution in [1.29, 1.82) is 0 Å². The average molecular weight is 417 g/mol. The molecule has 0 unspecified atom stereocenters. The number of hydrogen-bond donors (Lipinski definition) is 1. The molecule has 4 rings (SSSR count). The number of benzene rings is 2. The molecule has 2 aromatic heterocycles. The van der Waals surface area contributed by atoms with Crippen LogP contribution < -0.4 is 10.1 Å². The Kier molecular flexibility index (Phi) is 6.38. The lowest BCUT2D eigenvalue weighted by Crippen LogP contribution is -2.20. The monoisotopic (exact) mass is 416 g/mol. The van der Waals surface area contributed by atoms with Crippen LogP contribution in [0.25, 0.3) is 16.9 Å². The molecule has 6 heteroatoms. The zero-order chi connectivity index (χ0) is 21.6. The van der Waals surface area contributed by atoms with Crippen molar-refractivity contribution in [3.05, 3.63) is 96.2 Å². The van der Waals surface area contributed by atoms with Gasteiger partial charge in [-0.15, -0.1) is 0 Å². The van der Waals surface area contributed by atoms with E-state index < -0.39 is 0 Å². The molecule has 5 nitrogen and oxygen atoms in total. The summed E-state index contributed by atoms with van der Waals surface area (Å²) in [5.74, 6) is 0.467. The molecule has 2 heterocycles. The van der Waals surface area contributed by atoms with Crippen molar-refractivity contribution in [2.24, 2.45) is 0 Å². The lowest BCUT2D eigenvalue weighted by Gasteiger charge is -2.17. The van der Waals surface area contributed by atoms with Gasteiger partial charge in [-0.3, -0.25) is 4.98 Å². The van der Waals surface area contributed by atoms with Crippen molar-refractivity contribution in [3.8, 4) is 22.7 Å². The highest BCUT2D eigenvalue weighted by Gasteiger charge is 2.16. The number of pyridine rings is 1. The summed E-state index contributed by atoms with van der Waals surface area (Å²) in [5, 5.41) is 8.34. The number of aromatic nitrogens is 3. The molecule has 158 valence electrons. The van der Waals surface area contributed by atoms with Crippen LogP contribution in [0, 0.1) is 5.82 Å². The van der Waals surface area contributed by atoms with Gasteiger partial charge in [0, 0.05) is 42.3 Å². The molecule has 4 aromatic rings. The Morgan fingerprint density at radius 2 is 1.77 bits per heavy atom. The number of methoxy groups -OCH3 is 1. The topological polar surface area (TPSA) is 52.0 Å². The lowest BCUT2D eigenvalue weighted by atomic mass is 10.0. The molecule has 0 saturated carbocycles. The van der Waals surface area contributed by atoms with E-state index in [-0.39, 0.29) is 11.9 Å². The molecule has 0 aliphatic heterocycles. The minimum atomic E-state index is -0.311. The number of halogens is 1. The van der Waals surface area contributed by atoms with Crippen LogP contribution in [-0.2, 0) is 6.54 Å². The Bertz CT molecular complexity index is 1130. The second-order valence-corrected chi connectivity index (χ2v) is 7.25. The SMILES string of the molecule is CC[C@H](NCc1cn(-c2ccccc2F)nc1-c1ccc(OC)cc1)c1ccncc1. The van der Waals surface area contributed by atoms with Crippen LogP contribution in [0.4, 0.5) is 4.39 Å². The maximum absolute atomic E-state index is 14.4. The molecule has 0 radical (unpaired) electrons. The fraction of sp³-hybridized carbons (Fsp3) is 0.200. The van der Waals surface area contributed by atoms with Crippen molar-refractivity contribution in [3.63, 3.8) is 0 Å². The number of nitrogens with zero attached hydrogens (tertiary/aromatic N) is 3. The Hall–Kier alpha value is -3.51. The van der Waals surface area contributed by atoms with Gasteiger partial charge in [0.25, 0.3) is 0 Å². The molecule has 0 aliphatic carbocycles. The standard InChI is InChI=1S/C25H25FN4O/c1-3-23(18-12-14-27-15-13-18)28-16-20-17-30(24-7-5-4-6-22(24)26)29-25(20)19-8-10-21(31-2)11-9-19/h4-15,17,23,28H,3,16H2,1-2H3/t23-/m0/s1. The van der Waals surface area contributed by atoms with E-state index in [0.717, 1.165) is 29.0 Å². The fourth-order valence-corrected chi connectivity index (χ4v) is 3.62. The first kappa shape index (κ1) is 20.8. The smallest absolute Gasteiger partial charge is 0.148 e. The summed E-state index contributed by atoms with van der Waals surface area (Å²) >= 11 is 0. The minimum absolute atomic E-state index is 0.184. The van der Waals surface area contributed by atoms with Crippen molar-refractivity contribution in [1.82, 2.24) is 20.1 Å². The predicted octanol–water partition coefficient (Wildman–Crippen LogP) is 5.32. The first-order valence-corrected chi connectivity index (χ1v) is 10.3. The van der Waals surface area contributed by atoms with Crippen LogP contribution in [0.5, 0.6) is 5.75 Å². The van der Waals surface area contributed by atoms with Crippen molar-refractivity contribution in [2.75, 3.05) is 7.11 Å². The van der Waals surface area contributed by atoms with Gasteiger partial charge in [-0.2, -0.15) is 5.10 Å².